The van der Waals surface area contributed by atoms with Crippen molar-refractivity contribution < 1.29 is 4.79 Å². The Labute approximate surface area is 168 Å². The van der Waals surface area contributed by atoms with Crippen molar-refractivity contribution >= 4 is 17.2 Å². The molecule has 2 aromatic heterocycles. The molecule has 1 saturated carbocycles. The molecule has 0 unspecified atom stereocenters. The monoisotopic (exact) mass is 398 g/mol. The maximum atomic E-state index is 12.8. The van der Waals surface area contributed by atoms with Gasteiger partial charge in [-0.05, 0) is 37.1 Å². The first-order chi connectivity index (χ1) is 13.7. The van der Waals surface area contributed by atoms with E-state index in [0.29, 0.717) is 19.0 Å². The van der Waals surface area contributed by atoms with Crippen molar-refractivity contribution in [1.29, 1.82) is 0 Å². The van der Waals surface area contributed by atoms with Crippen LogP contribution in [0.2, 0.25) is 0 Å². The lowest BCUT2D eigenvalue weighted by Crippen LogP contribution is -2.41. The van der Waals surface area contributed by atoms with Crippen LogP contribution in [0.3, 0.4) is 0 Å². The summed E-state index contributed by atoms with van der Waals surface area (Å²) in [5, 5.41) is 2.09. The van der Waals surface area contributed by atoms with Crippen molar-refractivity contribution in [2.24, 2.45) is 5.92 Å². The predicted molar refractivity (Wildman–Crippen MR) is 108 cm³/mol. The van der Waals surface area contributed by atoms with Gasteiger partial charge in [0.15, 0.2) is 0 Å². The zero-order valence-electron chi connectivity index (χ0n) is 16.0. The molecule has 1 saturated heterocycles. The Bertz CT molecular complexity index is 919. The van der Waals surface area contributed by atoms with Gasteiger partial charge in [-0.3, -0.25) is 14.5 Å². The van der Waals surface area contributed by atoms with Crippen LogP contribution >= 0.6 is 11.3 Å². The molecule has 1 atom stereocenters. The van der Waals surface area contributed by atoms with E-state index in [9.17, 15) is 9.59 Å². The lowest BCUT2D eigenvalue weighted by Gasteiger charge is -2.33. The van der Waals surface area contributed by atoms with Crippen LogP contribution in [-0.2, 0) is 24.3 Å². The lowest BCUT2D eigenvalue weighted by molar-refractivity contribution is -0.133. The van der Waals surface area contributed by atoms with Crippen molar-refractivity contribution in [2.45, 2.75) is 51.1 Å². The number of aromatic nitrogens is 2. The molecule has 5 rings (SSSR count). The first kappa shape index (κ1) is 18.1. The van der Waals surface area contributed by atoms with E-state index in [1.54, 1.807) is 11.3 Å². The van der Waals surface area contributed by atoms with Crippen molar-refractivity contribution in [1.82, 2.24) is 19.8 Å². The lowest BCUT2D eigenvalue weighted by atomic mass is 9.96. The summed E-state index contributed by atoms with van der Waals surface area (Å²) in [5.41, 5.74) is 1.77. The minimum Gasteiger partial charge on any atom is -0.342 e. The molecule has 7 heteroatoms. The Kier molecular flexibility index (Phi) is 4.80. The van der Waals surface area contributed by atoms with Crippen LogP contribution in [0, 0.1) is 5.92 Å². The van der Waals surface area contributed by atoms with Gasteiger partial charge in [-0.2, -0.15) is 0 Å². The van der Waals surface area contributed by atoms with Gasteiger partial charge in [0.25, 0.3) is 5.56 Å². The van der Waals surface area contributed by atoms with Crippen LogP contribution in [-0.4, -0.2) is 45.3 Å². The number of nitrogens with one attached hydrogen (secondary N) is 1. The molecule has 148 valence electrons. The summed E-state index contributed by atoms with van der Waals surface area (Å²) in [7, 11) is 0. The smallest absolute Gasteiger partial charge is 0.255 e. The quantitative estimate of drug-likeness (QED) is 0.859. The third kappa shape index (κ3) is 3.65. The molecule has 0 aromatic carbocycles. The second-order valence-electron chi connectivity index (χ2n) is 8.31. The van der Waals surface area contributed by atoms with E-state index in [2.05, 4.69) is 27.4 Å². The molecule has 6 nitrogen and oxygen atoms in total. The highest BCUT2D eigenvalue weighted by molar-refractivity contribution is 7.09. The number of rotatable bonds is 4. The number of amides is 1. The largest absolute Gasteiger partial charge is 0.342 e. The number of likely N-dealkylation sites (tertiary alicyclic amines) is 1. The molecule has 1 N–H and O–H groups in total. The van der Waals surface area contributed by atoms with Gasteiger partial charge in [0.1, 0.15) is 5.82 Å². The molecule has 2 aromatic rings. The van der Waals surface area contributed by atoms with Gasteiger partial charge in [0.2, 0.25) is 5.91 Å². The Morgan fingerprint density at radius 2 is 2.18 bits per heavy atom. The van der Waals surface area contributed by atoms with Crippen molar-refractivity contribution in [3.8, 4) is 0 Å². The molecule has 1 aliphatic carbocycles. The van der Waals surface area contributed by atoms with Crippen LogP contribution in [0.1, 0.15) is 53.6 Å². The minimum atomic E-state index is 0.00141. The van der Waals surface area contributed by atoms with E-state index in [1.165, 1.54) is 4.88 Å². The maximum Gasteiger partial charge on any atom is 0.255 e. The van der Waals surface area contributed by atoms with E-state index in [4.69, 9.17) is 4.98 Å². The van der Waals surface area contributed by atoms with Gasteiger partial charge in [0.05, 0.1) is 11.3 Å². The number of carbonyl (C=O) groups excluding carboxylic acids is 1. The van der Waals surface area contributed by atoms with E-state index < -0.39 is 0 Å². The molecule has 4 heterocycles. The molecule has 0 bridgehead atoms. The SMILES string of the molecule is O=C(C1CC1)N1CCC[C@@H](c2nc3c(c(=O)[nH]2)CN(Cc2cccs2)CC3)C1. The van der Waals surface area contributed by atoms with Crippen molar-refractivity contribution in [3.63, 3.8) is 0 Å². The normalized spacial score (nSPS) is 22.9. The molecule has 0 spiro atoms. The third-order valence-corrected chi connectivity index (χ3v) is 7.03. The van der Waals surface area contributed by atoms with Crippen LogP contribution in [0.4, 0.5) is 0 Å². The average molecular weight is 399 g/mol. The van der Waals surface area contributed by atoms with Crippen molar-refractivity contribution in [3.05, 3.63) is 49.8 Å². The Hall–Kier alpha value is -1.99. The van der Waals surface area contributed by atoms with E-state index in [0.717, 1.165) is 68.8 Å². The molecule has 28 heavy (non-hydrogen) atoms. The van der Waals surface area contributed by atoms with Crippen LogP contribution in [0.5, 0.6) is 0 Å². The standard InChI is InChI=1S/C21H26N4O2S/c26-20-17-13-24(12-16-4-2-10-28-16)9-7-18(17)22-19(23-20)15-3-1-8-25(11-15)21(27)14-5-6-14/h2,4,10,14-15H,1,3,5-9,11-13H2,(H,22,23,26)/t15-/m1/s1. The zero-order chi connectivity index (χ0) is 19.1. The number of thiophene rings is 1. The molecule has 2 aliphatic heterocycles. The molecule has 3 aliphatic rings. The summed E-state index contributed by atoms with van der Waals surface area (Å²) >= 11 is 1.76. The van der Waals surface area contributed by atoms with Crippen LogP contribution in [0.25, 0.3) is 0 Å². The molecule has 2 fully saturated rings. The molecular formula is C21H26N4O2S. The van der Waals surface area contributed by atoms with Gasteiger partial charge in [-0.25, -0.2) is 4.98 Å². The highest BCUT2D eigenvalue weighted by Crippen LogP contribution is 2.34. The number of aromatic amines is 1. The highest BCUT2D eigenvalue weighted by atomic mass is 32.1. The molecule has 1 amide bonds. The summed E-state index contributed by atoms with van der Waals surface area (Å²) in [4.78, 5) is 38.8. The van der Waals surface area contributed by atoms with Crippen LogP contribution < -0.4 is 5.56 Å². The first-order valence-electron chi connectivity index (χ1n) is 10.3. The number of hydrogen-bond acceptors (Lipinski definition) is 5. The van der Waals surface area contributed by atoms with Gasteiger partial charge in [-0.1, -0.05) is 6.07 Å². The fraction of sp³-hybridized carbons (Fsp3) is 0.571. The summed E-state index contributed by atoms with van der Waals surface area (Å²) in [6.07, 6.45) is 4.86. The average Bonchev–Trinajstić information content (AvgIpc) is 3.45. The predicted octanol–water partition coefficient (Wildman–Crippen LogP) is 2.51. The fourth-order valence-electron chi connectivity index (χ4n) is 4.44. The van der Waals surface area contributed by atoms with E-state index in [1.807, 2.05) is 4.90 Å². The van der Waals surface area contributed by atoms with Crippen molar-refractivity contribution in [2.75, 3.05) is 19.6 Å². The zero-order valence-corrected chi connectivity index (χ0v) is 16.8. The second kappa shape index (κ2) is 7.44. The minimum absolute atomic E-state index is 0.00141. The van der Waals surface area contributed by atoms with Crippen LogP contribution in [0.15, 0.2) is 22.3 Å². The van der Waals surface area contributed by atoms with E-state index in [-0.39, 0.29) is 17.4 Å². The Morgan fingerprint density at radius 1 is 1.29 bits per heavy atom. The number of piperidine rings is 1. The first-order valence-corrected chi connectivity index (χ1v) is 11.2. The number of fused-ring (bicyclic) bond motifs is 1. The molecular weight excluding hydrogens is 372 g/mol. The Balaban J connectivity index is 1.32. The van der Waals surface area contributed by atoms with Gasteiger partial charge < -0.3 is 9.88 Å². The third-order valence-electron chi connectivity index (χ3n) is 6.17. The summed E-state index contributed by atoms with van der Waals surface area (Å²) in [5.74, 6) is 1.49. The molecule has 0 radical (unpaired) electrons. The highest BCUT2D eigenvalue weighted by Gasteiger charge is 2.36. The summed E-state index contributed by atoms with van der Waals surface area (Å²) in [6.45, 7) is 4.02. The van der Waals surface area contributed by atoms with Gasteiger partial charge in [0, 0.05) is 55.9 Å². The van der Waals surface area contributed by atoms with E-state index >= 15 is 0 Å². The number of nitrogens with zero attached hydrogens (tertiary/aromatic N) is 3. The summed E-state index contributed by atoms with van der Waals surface area (Å²) < 4.78 is 0. The summed E-state index contributed by atoms with van der Waals surface area (Å²) in [6, 6.07) is 4.21. The van der Waals surface area contributed by atoms with Gasteiger partial charge >= 0.3 is 0 Å². The maximum absolute atomic E-state index is 12.8. The number of carbonyl (C=O) groups is 1. The number of H-pyrrole nitrogens is 1. The fourth-order valence-corrected chi connectivity index (χ4v) is 5.19. The Morgan fingerprint density at radius 3 is 2.96 bits per heavy atom. The number of hydrogen-bond donors (Lipinski definition) is 1. The second-order valence-corrected chi connectivity index (χ2v) is 9.35. The van der Waals surface area contributed by atoms with Gasteiger partial charge in [-0.15, -0.1) is 11.3 Å². The topological polar surface area (TPSA) is 69.3 Å².